The third kappa shape index (κ3) is 2.00. The lowest BCUT2D eigenvalue weighted by molar-refractivity contribution is -0.138. The molecular formula is C11H14N2O2S. The van der Waals surface area contributed by atoms with Gasteiger partial charge in [0.15, 0.2) is 0 Å². The second-order valence-corrected chi connectivity index (χ2v) is 4.88. The van der Waals surface area contributed by atoms with Crippen LogP contribution < -0.4 is 4.90 Å². The Bertz CT molecular complexity index is 422. The SMILES string of the molecule is CC(C(=O)O)N(C)c1ccc2c(n1)CSC2. The molecule has 0 amide bonds. The molecule has 1 aromatic heterocycles. The Hall–Kier alpha value is -1.23. The maximum Gasteiger partial charge on any atom is 0.326 e. The highest BCUT2D eigenvalue weighted by Gasteiger charge is 2.20. The Kier molecular flexibility index (Phi) is 3.05. The molecule has 1 unspecified atom stereocenters. The van der Waals surface area contributed by atoms with Gasteiger partial charge in [0.25, 0.3) is 0 Å². The van der Waals surface area contributed by atoms with Crippen molar-refractivity contribution in [3.8, 4) is 0 Å². The van der Waals surface area contributed by atoms with E-state index < -0.39 is 12.0 Å². The Morgan fingerprint density at radius 3 is 3.00 bits per heavy atom. The Morgan fingerprint density at radius 1 is 1.56 bits per heavy atom. The minimum absolute atomic E-state index is 0.556. The average Bonchev–Trinajstić information content (AvgIpc) is 2.73. The molecule has 1 aromatic rings. The molecule has 0 saturated carbocycles. The number of aliphatic carboxylic acids is 1. The molecule has 5 heteroatoms. The van der Waals surface area contributed by atoms with Crippen molar-refractivity contribution in [3.05, 3.63) is 23.4 Å². The zero-order valence-electron chi connectivity index (χ0n) is 9.30. The van der Waals surface area contributed by atoms with Crippen molar-refractivity contribution in [2.45, 2.75) is 24.5 Å². The number of carbonyl (C=O) groups is 1. The van der Waals surface area contributed by atoms with Crippen LogP contribution in [0.1, 0.15) is 18.2 Å². The zero-order chi connectivity index (χ0) is 11.7. The first-order valence-electron chi connectivity index (χ1n) is 5.12. The van der Waals surface area contributed by atoms with Gasteiger partial charge in [-0.15, -0.1) is 0 Å². The van der Waals surface area contributed by atoms with Gasteiger partial charge in [-0.25, -0.2) is 9.78 Å². The fourth-order valence-corrected chi connectivity index (χ4v) is 2.62. The summed E-state index contributed by atoms with van der Waals surface area (Å²) in [5, 5.41) is 8.93. The topological polar surface area (TPSA) is 53.4 Å². The van der Waals surface area contributed by atoms with Crippen LogP contribution in [-0.2, 0) is 16.3 Å². The Morgan fingerprint density at radius 2 is 2.31 bits per heavy atom. The number of rotatable bonds is 3. The highest BCUT2D eigenvalue weighted by molar-refractivity contribution is 7.98. The fraction of sp³-hybridized carbons (Fsp3) is 0.455. The van der Waals surface area contributed by atoms with Gasteiger partial charge in [0.05, 0.1) is 5.69 Å². The highest BCUT2D eigenvalue weighted by Crippen LogP contribution is 2.29. The summed E-state index contributed by atoms with van der Waals surface area (Å²) < 4.78 is 0. The van der Waals surface area contributed by atoms with Crippen LogP contribution in [0.5, 0.6) is 0 Å². The van der Waals surface area contributed by atoms with Crippen molar-refractivity contribution < 1.29 is 9.90 Å². The van der Waals surface area contributed by atoms with Gasteiger partial charge < -0.3 is 10.0 Å². The molecule has 86 valence electrons. The van der Waals surface area contributed by atoms with Crippen LogP contribution in [0.15, 0.2) is 12.1 Å². The summed E-state index contributed by atoms with van der Waals surface area (Å²) in [7, 11) is 1.76. The molecule has 0 radical (unpaired) electrons. The van der Waals surface area contributed by atoms with Crippen molar-refractivity contribution in [2.75, 3.05) is 11.9 Å². The number of pyridine rings is 1. The van der Waals surface area contributed by atoms with Crippen molar-refractivity contribution in [1.29, 1.82) is 0 Å². The first-order valence-corrected chi connectivity index (χ1v) is 6.27. The van der Waals surface area contributed by atoms with Crippen molar-refractivity contribution in [3.63, 3.8) is 0 Å². The number of carboxylic acid groups (broad SMARTS) is 1. The molecule has 4 nitrogen and oxygen atoms in total. The lowest BCUT2D eigenvalue weighted by Gasteiger charge is -2.22. The van der Waals surface area contributed by atoms with E-state index in [9.17, 15) is 4.79 Å². The molecule has 1 atom stereocenters. The van der Waals surface area contributed by atoms with Crippen molar-refractivity contribution in [2.24, 2.45) is 0 Å². The smallest absolute Gasteiger partial charge is 0.326 e. The first kappa shape index (κ1) is 11.3. The molecule has 0 fully saturated rings. The van der Waals surface area contributed by atoms with Gasteiger partial charge in [-0.1, -0.05) is 6.07 Å². The van der Waals surface area contributed by atoms with Gasteiger partial charge in [-0.3, -0.25) is 0 Å². The molecule has 2 heterocycles. The van der Waals surface area contributed by atoms with Crippen LogP contribution in [-0.4, -0.2) is 29.1 Å². The molecule has 2 rings (SSSR count). The van der Waals surface area contributed by atoms with Gasteiger partial charge in [0, 0.05) is 18.6 Å². The Labute approximate surface area is 98.7 Å². The van der Waals surface area contributed by atoms with E-state index in [1.54, 1.807) is 18.9 Å². The van der Waals surface area contributed by atoms with Gasteiger partial charge in [0.1, 0.15) is 11.9 Å². The maximum absolute atomic E-state index is 10.9. The van der Waals surface area contributed by atoms with E-state index in [0.29, 0.717) is 0 Å². The maximum atomic E-state index is 10.9. The number of anilines is 1. The molecule has 1 N–H and O–H groups in total. The van der Waals surface area contributed by atoms with Gasteiger partial charge >= 0.3 is 5.97 Å². The number of hydrogen-bond donors (Lipinski definition) is 1. The molecule has 0 bridgehead atoms. The lowest BCUT2D eigenvalue weighted by Crippen LogP contribution is -2.36. The molecule has 0 spiro atoms. The van der Waals surface area contributed by atoms with Crippen molar-refractivity contribution >= 4 is 23.5 Å². The van der Waals surface area contributed by atoms with E-state index in [0.717, 1.165) is 23.0 Å². The van der Waals surface area contributed by atoms with Crippen LogP contribution in [0.25, 0.3) is 0 Å². The minimum atomic E-state index is -0.834. The van der Waals surface area contributed by atoms with E-state index in [4.69, 9.17) is 5.11 Å². The normalized spacial score (nSPS) is 15.6. The number of carboxylic acids is 1. The number of aromatic nitrogens is 1. The first-order chi connectivity index (χ1) is 7.59. The van der Waals surface area contributed by atoms with E-state index in [1.165, 1.54) is 5.56 Å². The van der Waals surface area contributed by atoms with E-state index in [2.05, 4.69) is 4.98 Å². The summed E-state index contributed by atoms with van der Waals surface area (Å²) in [4.78, 5) is 17.1. The minimum Gasteiger partial charge on any atom is -0.480 e. The van der Waals surface area contributed by atoms with Gasteiger partial charge in [-0.2, -0.15) is 11.8 Å². The number of hydrogen-bond acceptors (Lipinski definition) is 4. The molecule has 16 heavy (non-hydrogen) atoms. The third-order valence-corrected chi connectivity index (χ3v) is 3.84. The van der Waals surface area contributed by atoms with Gasteiger partial charge in [0.2, 0.25) is 0 Å². The summed E-state index contributed by atoms with van der Waals surface area (Å²) in [5.74, 6) is 1.84. The number of thioether (sulfide) groups is 1. The number of nitrogens with zero attached hydrogens (tertiary/aromatic N) is 2. The largest absolute Gasteiger partial charge is 0.480 e. The summed E-state index contributed by atoms with van der Waals surface area (Å²) in [5.41, 5.74) is 2.36. The van der Waals surface area contributed by atoms with Crippen molar-refractivity contribution in [1.82, 2.24) is 4.98 Å². The van der Waals surface area contributed by atoms with Crippen LogP contribution in [0, 0.1) is 0 Å². The lowest BCUT2D eigenvalue weighted by atomic mass is 10.2. The number of likely N-dealkylation sites (N-methyl/N-ethyl adjacent to an activating group) is 1. The quantitative estimate of drug-likeness (QED) is 0.869. The van der Waals surface area contributed by atoms with E-state index in [-0.39, 0.29) is 0 Å². The predicted octanol–water partition coefficient (Wildman–Crippen LogP) is 1.74. The third-order valence-electron chi connectivity index (χ3n) is 2.85. The van der Waals surface area contributed by atoms with Gasteiger partial charge in [-0.05, 0) is 18.6 Å². The standard InChI is InChI=1S/C11H14N2O2S/c1-7(11(14)15)13(2)10-4-3-8-5-16-6-9(8)12-10/h3-4,7H,5-6H2,1-2H3,(H,14,15). The van der Waals surface area contributed by atoms with Crippen LogP contribution in [0.2, 0.25) is 0 Å². The predicted molar refractivity (Wildman–Crippen MR) is 64.7 cm³/mol. The molecule has 1 aliphatic heterocycles. The summed E-state index contributed by atoms with van der Waals surface area (Å²) in [6, 6.07) is 3.38. The van der Waals surface area contributed by atoms with Crippen LogP contribution in [0.4, 0.5) is 5.82 Å². The molecule has 0 saturated heterocycles. The van der Waals surface area contributed by atoms with E-state index >= 15 is 0 Å². The molecule has 0 aliphatic carbocycles. The number of fused-ring (bicyclic) bond motifs is 1. The average molecular weight is 238 g/mol. The zero-order valence-corrected chi connectivity index (χ0v) is 10.1. The second kappa shape index (κ2) is 4.33. The van der Waals surface area contributed by atoms with Crippen LogP contribution >= 0.6 is 11.8 Å². The van der Waals surface area contributed by atoms with E-state index in [1.807, 2.05) is 23.9 Å². The molecule has 1 aliphatic rings. The molecule has 0 aromatic carbocycles. The fourth-order valence-electron chi connectivity index (χ4n) is 1.59. The monoisotopic (exact) mass is 238 g/mol. The molecular weight excluding hydrogens is 224 g/mol. The second-order valence-electron chi connectivity index (χ2n) is 3.89. The Balaban J connectivity index is 2.24. The summed E-state index contributed by atoms with van der Waals surface area (Å²) in [6.45, 7) is 1.66. The van der Waals surface area contributed by atoms with Crippen LogP contribution in [0.3, 0.4) is 0 Å². The highest BCUT2D eigenvalue weighted by atomic mass is 32.2. The summed E-state index contributed by atoms with van der Waals surface area (Å²) >= 11 is 1.84. The summed E-state index contributed by atoms with van der Waals surface area (Å²) in [6.07, 6.45) is 0.